The summed E-state index contributed by atoms with van der Waals surface area (Å²) in [5.74, 6) is -0.127. The van der Waals surface area contributed by atoms with E-state index >= 15 is 0 Å². The Morgan fingerprint density at radius 1 is 1.47 bits per heavy atom. The van der Waals surface area contributed by atoms with Crippen LogP contribution in [-0.2, 0) is 0 Å². The zero-order valence-electron chi connectivity index (χ0n) is 11.6. The van der Waals surface area contributed by atoms with Gasteiger partial charge in [-0.05, 0) is 58.0 Å². The number of carboxylic acids is 1. The van der Waals surface area contributed by atoms with Crippen molar-refractivity contribution in [3.8, 4) is 0 Å². The normalized spacial score (nSPS) is 35.8. The van der Waals surface area contributed by atoms with Gasteiger partial charge in [0.25, 0.3) is 0 Å². The number of hydrogen-bond acceptors (Lipinski definition) is 1. The van der Waals surface area contributed by atoms with Crippen molar-refractivity contribution < 1.29 is 9.90 Å². The summed E-state index contributed by atoms with van der Waals surface area (Å²) in [5.41, 5.74) is 0.797. The highest BCUT2D eigenvalue weighted by molar-refractivity contribution is 9.10. The molecule has 0 amide bonds. The van der Waals surface area contributed by atoms with Gasteiger partial charge in [0.2, 0.25) is 0 Å². The SMILES string of the molecule is CC12CCC(C1)C(C)(C)C2n1cc(Br)cc1C(=O)O. The monoisotopic (exact) mass is 325 g/mol. The maximum Gasteiger partial charge on any atom is 0.352 e. The molecule has 2 aliphatic rings. The molecule has 0 radical (unpaired) electrons. The van der Waals surface area contributed by atoms with E-state index in [4.69, 9.17) is 0 Å². The van der Waals surface area contributed by atoms with Gasteiger partial charge in [-0.15, -0.1) is 0 Å². The fourth-order valence-electron chi connectivity index (χ4n) is 4.80. The molecular formula is C15H20BrNO2. The van der Waals surface area contributed by atoms with E-state index in [0.717, 1.165) is 4.47 Å². The molecule has 3 rings (SSSR count). The summed E-state index contributed by atoms with van der Waals surface area (Å²) in [6, 6.07) is 1.99. The quantitative estimate of drug-likeness (QED) is 0.879. The van der Waals surface area contributed by atoms with Crippen molar-refractivity contribution in [2.75, 3.05) is 0 Å². The number of nitrogens with zero attached hydrogens (tertiary/aromatic N) is 1. The number of rotatable bonds is 2. The zero-order valence-corrected chi connectivity index (χ0v) is 13.2. The van der Waals surface area contributed by atoms with E-state index < -0.39 is 5.97 Å². The van der Waals surface area contributed by atoms with E-state index in [-0.39, 0.29) is 16.9 Å². The van der Waals surface area contributed by atoms with Crippen LogP contribution < -0.4 is 0 Å². The molecule has 2 bridgehead atoms. The van der Waals surface area contributed by atoms with Crippen LogP contribution in [0.1, 0.15) is 56.6 Å². The van der Waals surface area contributed by atoms with Crippen LogP contribution in [0.15, 0.2) is 16.7 Å². The van der Waals surface area contributed by atoms with Gasteiger partial charge in [0.15, 0.2) is 0 Å². The van der Waals surface area contributed by atoms with Gasteiger partial charge in [0.1, 0.15) is 5.69 Å². The Hall–Kier alpha value is -0.770. The van der Waals surface area contributed by atoms with Crippen LogP contribution in [0.5, 0.6) is 0 Å². The molecule has 0 spiro atoms. The van der Waals surface area contributed by atoms with E-state index in [0.29, 0.717) is 11.6 Å². The Labute approximate surface area is 122 Å². The predicted molar refractivity (Wildman–Crippen MR) is 77.4 cm³/mol. The van der Waals surface area contributed by atoms with Crippen molar-refractivity contribution in [1.82, 2.24) is 4.57 Å². The average molecular weight is 326 g/mol. The van der Waals surface area contributed by atoms with Gasteiger partial charge in [-0.2, -0.15) is 0 Å². The van der Waals surface area contributed by atoms with Crippen molar-refractivity contribution in [1.29, 1.82) is 0 Å². The minimum absolute atomic E-state index is 0.162. The van der Waals surface area contributed by atoms with E-state index in [1.807, 2.05) is 10.8 Å². The summed E-state index contributed by atoms with van der Waals surface area (Å²) in [6.45, 7) is 6.92. The van der Waals surface area contributed by atoms with Crippen LogP contribution in [0.3, 0.4) is 0 Å². The molecule has 2 saturated carbocycles. The molecule has 3 unspecified atom stereocenters. The molecule has 1 N–H and O–H groups in total. The van der Waals surface area contributed by atoms with E-state index in [2.05, 4.69) is 36.7 Å². The maximum absolute atomic E-state index is 11.5. The number of hydrogen-bond donors (Lipinski definition) is 1. The molecule has 0 aliphatic heterocycles. The summed E-state index contributed by atoms with van der Waals surface area (Å²) < 4.78 is 2.86. The molecule has 2 aliphatic carbocycles. The lowest BCUT2D eigenvalue weighted by Gasteiger charge is -2.44. The summed E-state index contributed by atoms with van der Waals surface area (Å²) >= 11 is 3.42. The van der Waals surface area contributed by atoms with Crippen LogP contribution in [0.4, 0.5) is 0 Å². The van der Waals surface area contributed by atoms with E-state index in [1.165, 1.54) is 19.3 Å². The summed E-state index contributed by atoms with van der Waals surface area (Å²) in [7, 11) is 0. The Morgan fingerprint density at radius 2 is 2.16 bits per heavy atom. The minimum Gasteiger partial charge on any atom is -0.477 e. The molecule has 104 valence electrons. The molecule has 4 heteroatoms. The van der Waals surface area contributed by atoms with E-state index in [9.17, 15) is 9.90 Å². The topological polar surface area (TPSA) is 42.2 Å². The fraction of sp³-hybridized carbons (Fsp3) is 0.667. The molecule has 3 nitrogen and oxygen atoms in total. The highest BCUT2D eigenvalue weighted by Gasteiger charge is 2.60. The molecule has 19 heavy (non-hydrogen) atoms. The van der Waals surface area contributed by atoms with Crippen LogP contribution in [0.25, 0.3) is 0 Å². The minimum atomic E-state index is -0.840. The van der Waals surface area contributed by atoms with Gasteiger partial charge in [-0.25, -0.2) is 4.79 Å². The zero-order chi connectivity index (χ0) is 14.0. The lowest BCUT2D eigenvalue weighted by Crippen LogP contribution is -2.38. The second-order valence-corrected chi connectivity index (χ2v) is 7.99. The number of fused-ring (bicyclic) bond motifs is 2. The number of halogens is 1. The average Bonchev–Trinajstić information content (AvgIpc) is 2.87. The summed E-state index contributed by atoms with van der Waals surface area (Å²) in [4.78, 5) is 11.5. The maximum atomic E-state index is 11.5. The number of aromatic carboxylic acids is 1. The fourth-order valence-corrected chi connectivity index (χ4v) is 5.24. The van der Waals surface area contributed by atoms with Crippen LogP contribution in [0, 0.1) is 16.7 Å². The third-order valence-electron chi connectivity index (χ3n) is 5.51. The molecule has 1 heterocycles. The van der Waals surface area contributed by atoms with Gasteiger partial charge >= 0.3 is 5.97 Å². The largest absolute Gasteiger partial charge is 0.477 e. The first-order valence-corrected chi connectivity index (χ1v) is 7.66. The standard InChI is InChI=1S/C15H20BrNO2/c1-14(2)9-4-5-15(3,7-9)13(14)17-8-10(16)6-11(17)12(18)19/h6,8-9,13H,4-5,7H2,1-3H3,(H,18,19). The number of carbonyl (C=O) groups is 1. The van der Waals surface area contributed by atoms with E-state index in [1.54, 1.807) is 6.07 Å². The highest BCUT2D eigenvalue weighted by atomic mass is 79.9. The third-order valence-corrected chi connectivity index (χ3v) is 5.94. The summed E-state index contributed by atoms with van der Waals surface area (Å²) in [6.07, 6.45) is 5.66. The molecule has 1 aromatic heterocycles. The second kappa shape index (κ2) is 3.87. The Morgan fingerprint density at radius 3 is 2.68 bits per heavy atom. The smallest absolute Gasteiger partial charge is 0.352 e. The van der Waals surface area contributed by atoms with Crippen molar-refractivity contribution >= 4 is 21.9 Å². The second-order valence-electron chi connectivity index (χ2n) is 7.07. The van der Waals surface area contributed by atoms with Crippen molar-refractivity contribution in [2.24, 2.45) is 16.7 Å². The first-order valence-electron chi connectivity index (χ1n) is 6.86. The van der Waals surface area contributed by atoms with Gasteiger partial charge in [0.05, 0.1) is 0 Å². The van der Waals surface area contributed by atoms with Gasteiger partial charge in [0, 0.05) is 16.7 Å². The molecule has 2 fully saturated rings. The molecule has 0 aromatic carbocycles. The molecule has 1 aromatic rings. The lowest BCUT2D eigenvalue weighted by atomic mass is 9.68. The third kappa shape index (κ3) is 1.72. The van der Waals surface area contributed by atoms with Crippen molar-refractivity contribution in [3.63, 3.8) is 0 Å². The highest BCUT2D eigenvalue weighted by Crippen LogP contribution is 2.68. The Bertz CT molecular complexity index is 544. The van der Waals surface area contributed by atoms with Crippen molar-refractivity contribution in [3.05, 3.63) is 22.4 Å². The van der Waals surface area contributed by atoms with Crippen LogP contribution in [0.2, 0.25) is 0 Å². The van der Waals surface area contributed by atoms with Gasteiger partial charge in [-0.1, -0.05) is 20.8 Å². The molecule has 0 saturated heterocycles. The molecular weight excluding hydrogens is 306 g/mol. The first-order chi connectivity index (χ1) is 8.75. The first kappa shape index (κ1) is 13.2. The van der Waals surface area contributed by atoms with Gasteiger partial charge in [-0.3, -0.25) is 0 Å². The van der Waals surface area contributed by atoms with Crippen molar-refractivity contribution in [2.45, 2.75) is 46.1 Å². The lowest BCUT2D eigenvalue weighted by molar-refractivity contribution is 0.0611. The van der Waals surface area contributed by atoms with Crippen LogP contribution in [-0.4, -0.2) is 15.6 Å². The summed E-state index contributed by atoms with van der Waals surface area (Å²) in [5, 5.41) is 9.42. The van der Waals surface area contributed by atoms with Crippen LogP contribution >= 0.6 is 15.9 Å². The van der Waals surface area contributed by atoms with Gasteiger partial charge < -0.3 is 9.67 Å². The number of carboxylic acid groups (broad SMARTS) is 1. The number of aromatic nitrogens is 1. The Kier molecular flexibility index (Phi) is 2.70. The molecule has 3 atom stereocenters. The predicted octanol–water partition coefficient (Wildman–Crippen LogP) is 4.34. The Balaban J connectivity index is 2.14.